The van der Waals surface area contributed by atoms with Crippen molar-refractivity contribution >= 4 is 25.7 Å². The zero-order chi connectivity index (χ0) is 41.7. The molecule has 11 nitrogen and oxygen atoms in total. The van der Waals surface area contributed by atoms with E-state index < -0.39 is 19.8 Å². The standard InChI is InChI=1S/C23H48NO6P.C16H32O2.C4H8O2/c1-4-5-6-7-8-9-10-11-12-13-14-15-16-18-23(25)28-20-17-21-29-31(26,27)30-22-19-24(2)3;1-2-3-4-5-6-7-8-9-10-11-12-13-14-15-16(17)18;1-2-3-4(5)6/h4-22H2,1-3H3,(H,26,27);2-15H2,1H3,(H,17,18);2-3H2,1H3,(H,5,6)/p+1. The van der Waals surface area contributed by atoms with Gasteiger partial charge < -0.3 is 24.7 Å². The van der Waals surface area contributed by atoms with Crippen LogP contribution in [0.3, 0.4) is 0 Å². The number of likely N-dealkylation sites (N-methyl/N-ethyl adjacent to an activating group) is 1. The van der Waals surface area contributed by atoms with Crippen molar-refractivity contribution in [2.24, 2.45) is 0 Å². The predicted octanol–water partition coefficient (Wildman–Crippen LogP) is 11.1. The number of aliphatic carboxylic acids is 2. The molecule has 1 unspecified atom stereocenters. The summed E-state index contributed by atoms with van der Waals surface area (Å²) in [4.78, 5) is 42.3. The fourth-order valence-electron chi connectivity index (χ4n) is 5.69. The van der Waals surface area contributed by atoms with Crippen LogP contribution in [0, 0.1) is 0 Å². The van der Waals surface area contributed by atoms with Gasteiger partial charge in [0.1, 0.15) is 13.2 Å². The number of unbranched alkanes of at least 4 members (excludes halogenated alkanes) is 24. The number of phosphoric ester groups is 1. The van der Waals surface area contributed by atoms with Crippen LogP contribution in [-0.2, 0) is 32.7 Å². The van der Waals surface area contributed by atoms with Gasteiger partial charge in [-0.1, -0.05) is 175 Å². The lowest BCUT2D eigenvalue weighted by atomic mass is 10.0. The fourth-order valence-corrected chi connectivity index (χ4v) is 6.45. The molecule has 0 saturated heterocycles. The average Bonchev–Trinajstić information content (AvgIpc) is 3.12. The van der Waals surface area contributed by atoms with Crippen LogP contribution in [0.4, 0.5) is 0 Å². The van der Waals surface area contributed by atoms with Crippen LogP contribution in [0.2, 0.25) is 0 Å². The summed E-state index contributed by atoms with van der Waals surface area (Å²) in [6, 6.07) is 0. The molecular weight excluding hydrogens is 721 g/mol. The molecule has 0 aromatic heterocycles. The summed E-state index contributed by atoms with van der Waals surface area (Å²) in [5.41, 5.74) is 0. The van der Waals surface area contributed by atoms with Gasteiger partial charge in [-0.05, 0) is 19.3 Å². The Labute approximate surface area is 338 Å². The van der Waals surface area contributed by atoms with Crippen molar-refractivity contribution in [3.8, 4) is 0 Å². The van der Waals surface area contributed by atoms with Crippen LogP contribution in [0.1, 0.15) is 220 Å². The van der Waals surface area contributed by atoms with Gasteiger partial charge >= 0.3 is 25.7 Å². The van der Waals surface area contributed by atoms with E-state index in [2.05, 4.69) is 13.8 Å². The SMILES string of the molecule is CCCC(=O)O.CCCCCCCCCCCCCCCC(=O)O.CCCCCCCCCCCCCCCC(=O)OCCCOP(=O)(O)OCC[NH+](C)C. The highest BCUT2D eigenvalue weighted by molar-refractivity contribution is 7.47. The van der Waals surface area contributed by atoms with E-state index in [1.165, 1.54) is 141 Å². The van der Waals surface area contributed by atoms with Crippen molar-refractivity contribution < 1.29 is 52.7 Å². The van der Waals surface area contributed by atoms with Gasteiger partial charge in [0.2, 0.25) is 0 Å². The van der Waals surface area contributed by atoms with Crippen molar-refractivity contribution in [2.75, 3.05) is 40.5 Å². The highest BCUT2D eigenvalue weighted by atomic mass is 31.2. The Hall–Kier alpha value is -1.52. The molecule has 0 bridgehead atoms. The number of carboxylic acids is 2. The number of carbonyl (C=O) groups excluding carboxylic acids is 1. The minimum absolute atomic E-state index is 0.0224. The molecule has 55 heavy (non-hydrogen) atoms. The second-order valence-corrected chi connectivity index (χ2v) is 16.6. The van der Waals surface area contributed by atoms with Crippen molar-refractivity contribution in [1.82, 2.24) is 0 Å². The predicted molar refractivity (Wildman–Crippen MR) is 226 cm³/mol. The molecule has 0 aliphatic rings. The maximum atomic E-state index is 11.7. The maximum Gasteiger partial charge on any atom is 0.472 e. The topological polar surface area (TPSA) is 161 Å². The lowest BCUT2D eigenvalue weighted by molar-refractivity contribution is -0.858. The second kappa shape index (κ2) is 46.9. The minimum Gasteiger partial charge on any atom is -0.481 e. The highest BCUT2D eigenvalue weighted by Gasteiger charge is 2.21. The molecule has 330 valence electrons. The summed E-state index contributed by atoms with van der Waals surface area (Å²) in [5, 5.41) is 16.4. The van der Waals surface area contributed by atoms with Crippen molar-refractivity contribution in [3.05, 3.63) is 0 Å². The average molecular weight is 811 g/mol. The Balaban J connectivity index is -0.000000942. The smallest absolute Gasteiger partial charge is 0.472 e. The van der Waals surface area contributed by atoms with Crippen molar-refractivity contribution in [3.63, 3.8) is 0 Å². The first kappa shape index (κ1) is 57.8. The number of esters is 1. The first-order chi connectivity index (χ1) is 26.4. The summed E-state index contributed by atoms with van der Waals surface area (Å²) >= 11 is 0. The van der Waals surface area contributed by atoms with E-state index in [0.29, 0.717) is 32.2 Å². The number of carbonyl (C=O) groups is 3. The van der Waals surface area contributed by atoms with Gasteiger partial charge in [-0.2, -0.15) is 0 Å². The highest BCUT2D eigenvalue weighted by Crippen LogP contribution is 2.42. The molecule has 0 aliphatic heterocycles. The number of rotatable bonds is 39. The Bertz CT molecular complexity index is 874. The Morgan fingerprint density at radius 3 is 1.13 bits per heavy atom. The van der Waals surface area contributed by atoms with Crippen molar-refractivity contribution in [2.45, 2.75) is 220 Å². The van der Waals surface area contributed by atoms with E-state index in [-0.39, 0.29) is 25.8 Å². The summed E-state index contributed by atoms with van der Waals surface area (Å²) < 4.78 is 26.5. The van der Waals surface area contributed by atoms with Gasteiger partial charge in [0.05, 0.1) is 27.3 Å². The maximum absolute atomic E-state index is 11.7. The van der Waals surface area contributed by atoms with Gasteiger partial charge in [-0.15, -0.1) is 0 Å². The van der Waals surface area contributed by atoms with Gasteiger partial charge in [0, 0.05) is 25.7 Å². The number of ether oxygens (including phenoxy) is 1. The number of quaternary nitrogens is 1. The molecule has 0 spiro atoms. The monoisotopic (exact) mass is 811 g/mol. The molecule has 1 atom stereocenters. The van der Waals surface area contributed by atoms with E-state index in [0.717, 1.165) is 37.0 Å². The number of phosphoric acid groups is 1. The lowest BCUT2D eigenvalue weighted by Gasteiger charge is -2.13. The summed E-state index contributed by atoms with van der Waals surface area (Å²) in [6.45, 7) is 7.35. The van der Waals surface area contributed by atoms with Crippen LogP contribution in [0.5, 0.6) is 0 Å². The summed E-state index contributed by atoms with van der Waals surface area (Å²) in [7, 11) is -0.152. The van der Waals surface area contributed by atoms with Crippen LogP contribution in [0.25, 0.3) is 0 Å². The molecule has 0 radical (unpaired) electrons. The molecule has 0 rings (SSSR count). The minimum atomic E-state index is -4.01. The largest absolute Gasteiger partial charge is 0.481 e. The zero-order valence-electron chi connectivity index (χ0n) is 36.4. The molecule has 4 N–H and O–H groups in total. The molecule has 0 heterocycles. The quantitative estimate of drug-likeness (QED) is 0.0267. The third-order valence-corrected chi connectivity index (χ3v) is 10.1. The number of carboxylic acid groups (broad SMARTS) is 2. The fraction of sp³-hybridized carbons (Fsp3) is 0.930. The second-order valence-electron chi connectivity index (χ2n) is 15.2. The summed E-state index contributed by atoms with van der Waals surface area (Å²) in [6.07, 6.45) is 35.7. The molecule has 0 aliphatic carbocycles. The van der Waals surface area contributed by atoms with Gasteiger partial charge in [-0.3, -0.25) is 23.4 Å². The van der Waals surface area contributed by atoms with Crippen molar-refractivity contribution in [1.29, 1.82) is 0 Å². The first-order valence-electron chi connectivity index (χ1n) is 22.4. The lowest BCUT2D eigenvalue weighted by Crippen LogP contribution is -3.06. The molecule has 0 saturated carbocycles. The van der Waals surface area contributed by atoms with Gasteiger partial charge in [0.25, 0.3) is 0 Å². The number of hydrogen-bond donors (Lipinski definition) is 4. The van der Waals surface area contributed by atoms with Crippen LogP contribution < -0.4 is 4.90 Å². The Kier molecular flexibility index (Phi) is 49.2. The zero-order valence-corrected chi connectivity index (χ0v) is 37.3. The van der Waals surface area contributed by atoms with E-state index in [1.54, 1.807) is 0 Å². The third-order valence-electron chi connectivity index (χ3n) is 9.11. The number of hydrogen-bond acceptors (Lipinski definition) is 7. The number of nitrogens with one attached hydrogen (secondary N) is 1. The molecule has 0 aromatic rings. The Morgan fingerprint density at radius 2 is 0.800 bits per heavy atom. The third kappa shape index (κ3) is 59.3. The van der Waals surface area contributed by atoms with E-state index in [4.69, 9.17) is 24.0 Å². The van der Waals surface area contributed by atoms with E-state index >= 15 is 0 Å². The van der Waals surface area contributed by atoms with Gasteiger partial charge in [0.15, 0.2) is 0 Å². The molecule has 0 fully saturated rings. The molecule has 12 heteroatoms. The van der Waals surface area contributed by atoms with Crippen LogP contribution in [0.15, 0.2) is 0 Å². The molecular formula is C43H89NO10P+. The van der Waals surface area contributed by atoms with E-state index in [1.807, 2.05) is 21.0 Å². The Morgan fingerprint density at radius 1 is 0.455 bits per heavy atom. The summed E-state index contributed by atoms with van der Waals surface area (Å²) in [5.74, 6) is -1.57. The van der Waals surface area contributed by atoms with Gasteiger partial charge in [-0.25, -0.2) is 4.57 Å². The van der Waals surface area contributed by atoms with E-state index in [9.17, 15) is 23.8 Å². The molecule has 0 aromatic carbocycles. The molecule has 0 amide bonds. The normalized spacial score (nSPS) is 12.0. The first-order valence-corrected chi connectivity index (χ1v) is 23.9. The van der Waals surface area contributed by atoms with Crippen LogP contribution >= 0.6 is 7.82 Å². The van der Waals surface area contributed by atoms with Crippen LogP contribution in [-0.4, -0.2) is 73.5 Å².